The lowest BCUT2D eigenvalue weighted by atomic mass is 9.95. The highest BCUT2D eigenvalue weighted by atomic mass is 35.5. The first kappa shape index (κ1) is 15.4. The van der Waals surface area contributed by atoms with Crippen LogP contribution in [0.3, 0.4) is 0 Å². The second kappa shape index (κ2) is 7.12. The van der Waals surface area contributed by atoms with Crippen molar-refractivity contribution in [3.63, 3.8) is 0 Å². The lowest BCUT2D eigenvalue weighted by molar-refractivity contribution is -0.127. The Morgan fingerprint density at radius 3 is 2.85 bits per heavy atom. The van der Waals surface area contributed by atoms with Gasteiger partial charge in [0, 0.05) is 10.8 Å². The first-order valence-electron chi connectivity index (χ1n) is 6.81. The maximum atomic E-state index is 12.3. The Balaban J connectivity index is 1.82. The van der Waals surface area contributed by atoms with E-state index < -0.39 is 0 Å². The molecule has 1 amide bonds. The molecule has 1 unspecified atom stereocenters. The minimum atomic E-state index is 0.0174. The first-order chi connectivity index (χ1) is 9.60. The van der Waals surface area contributed by atoms with E-state index in [0.717, 1.165) is 35.1 Å². The van der Waals surface area contributed by atoms with Crippen LogP contribution in [0.5, 0.6) is 0 Å². The normalized spacial score (nSPS) is 18.4. The Bertz CT molecular complexity index is 500. The molecular weight excluding hydrogens is 292 g/mol. The topological polar surface area (TPSA) is 32.3 Å². The molecule has 0 saturated carbocycles. The largest absolute Gasteiger partial charge is 0.349 e. The van der Waals surface area contributed by atoms with Gasteiger partial charge in [0.05, 0.1) is 16.9 Å². The van der Waals surface area contributed by atoms with Crippen molar-refractivity contribution in [2.24, 2.45) is 5.92 Å². The third kappa shape index (κ3) is 3.99. The molecule has 1 saturated heterocycles. The smallest absolute Gasteiger partial charge is 0.223 e. The second-order valence-electron chi connectivity index (χ2n) is 5.13. The summed E-state index contributed by atoms with van der Waals surface area (Å²) in [5, 5.41) is 3.08. The van der Waals surface area contributed by atoms with Crippen molar-refractivity contribution in [3.05, 3.63) is 21.3 Å². The zero-order chi connectivity index (χ0) is 14.5. The van der Waals surface area contributed by atoms with Gasteiger partial charge in [0.2, 0.25) is 5.91 Å². The fourth-order valence-corrected chi connectivity index (χ4v) is 3.51. The van der Waals surface area contributed by atoms with Crippen molar-refractivity contribution in [2.75, 3.05) is 19.6 Å². The Morgan fingerprint density at radius 1 is 1.60 bits per heavy atom. The SMILES string of the molecule is C#CCN1CCC(C(=O)NC(C)c2ccc(Cl)s2)CC1. The van der Waals surface area contributed by atoms with E-state index >= 15 is 0 Å². The number of hydrogen-bond donors (Lipinski definition) is 1. The molecule has 0 aromatic carbocycles. The first-order valence-corrected chi connectivity index (χ1v) is 8.01. The molecule has 0 radical (unpaired) electrons. The molecule has 1 atom stereocenters. The van der Waals surface area contributed by atoms with Crippen LogP contribution in [0.4, 0.5) is 0 Å². The van der Waals surface area contributed by atoms with E-state index in [1.54, 1.807) is 0 Å². The van der Waals surface area contributed by atoms with Crippen LogP contribution in [0.2, 0.25) is 4.34 Å². The van der Waals surface area contributed by atoms with Crippen LogP contribution in [-0.2, 0) is 4.79 Å². The van der Waals surface area contributed by atoms with Crippen LogP contribution in [0.25, 0.3) is 0 Å². The molecule has 3 nitrogen and oxygen atoms in total. The zero-order valence-electron chi connectivity index (χ0n) is 11.6. The minimum Gasteiger partial charge on any atom is -0.349 e. The predicted molar refractivity (Wildman–Crippen MR) is 83.9 cm³/mol. The van der Waals surface area contributed by atoms with Gasteiger partial charge in [0.15, 0.2) is 0 Å². The van der Waals surface area contributed by atoms with Crippen molar-refractivity contribution in [1.29, 1.82) is 0 Å². The maximum Gasteiger partial charge on any atom is 0.223 e. The van der Waals surface area contributed by atoms with Crippen LogP contribution < -0.4 is 5.32 Å². The highest BCUT2D eigenvalue weighted by molar-refractivity contribution is 7.16. The van der Waals surface area contributed by atoms with Crippen molar-refractivity contribution in [2.45, 2.75) is 25.8 Å². The van der Waals surface area contributed by atoms with Gasteiger partial charge in [0.25, 0.3) is 0 Å². The molecular formula is C15H19ClN2OS. The molecule has 1 fully saturated rings. The average molecular weight is 311 g/mol. The summed E-state index contributed by atoms with van der Waals surface area (Å²) in [6, 6.07) is 3.85. The summed E-state index contributed by atoms with van der Waals surface area (Å²) in [5.41, 5.74) is 0. The molecule has 0 aliphatic carbocycles. The zero-order valence-corrected chi connectivity index (χ0v) is 13.1. The number of halogens is 1. The minimum absolute atomic E-state index is 0.0174. The van der Waals surface area contributed by atoms with Gasteiger partial charge in [-0.1, -0.05) is 17.5 Å². The van der Waals surface area contributed by atoms with E-state index in [4.69, 9.17) is 18.0 Å². The Hall–Kier alpha value is -1.02. The highest BCUT2D eigenvalue weighted by Gasteiger charge is 2.25. The molecule has 2 heterocycles. The van der Waals surface area contributed by atoms with E-state index in [1.807, 2.05) is 19.1 Å². The van der Waals surface area contributed by atoms with Gasteiger partial charge < -0.3 is 5.32 Å². The number of piperidine rings is 1. The summed E-state index contributed by atoms with van der Waals surface area (Å²) in [5.74, 6) is 2.89. The summed E-state index contributed by atoms with van der Waals surface area (Å²) in [6.07, 6.45) is 7.07. The maximum absolute atomic E-state index is 12.3. The van der Waals surface area contributed by atoms with E-state index in [1.165, 1.54) is 11.3 Å². The molecule has 108 valence electrons. The number of thiophene rings is 1. The fraction of sp³-hybridized carbons (Fsp3) is 0.533. The molecule has 1 aromatic rings. The Kier molecular flexibility index (Phi) is 5.47. The molecule has 20 heavy (non-hydrogen) atoms. The number of amides is 1. The van der Waals surface area contributed by atoms with Gasteiger partial charge in [-0.05, 0) is 45.0 Å². The van der Waals surface area contributed by atoms with Gasteiger partial charge in [-0.25, -0.2) is 0 Å². The van der Waals surface area contributed by atoms with E-state index in [9.17, 15) is 4.79 Å². The van der Waals surface area contributed by atoms with Gasteiger partial charge in [-0.2, -0.15) is 0 Å². The third-order valence-corrected chi connectivity index (χ3v) is 5.07. The van der Waals surface area contributed by atoms with Gasteiger partial charge in [-0.15, -0.1) is 17.8 Å². The quantitative estimate of drug-likeness (QED) is 0.867. The number of carbonyl (C=O) groups is 1. The summed E-state index contributed by atoms with van der Waals surface area (Å²) >= 11 is 7.43. The predicted octanol–water partition coefficient (Wildman–Crippen LogP) is 2.92. The van der Waals surface area contributed by atoms with E-state index in [-0.39, 0.29) is 17.9 Å². The molecule has 5 heteroatoms. The highest BCUT2D eigenvalue weighted by Crippen LogP contribution is 2.27. The second-order valence-corrected chi connectivity index (χ2v) is 6.87. The number of nitrogens with zero attached hydrogens (tertiary/aromatic N) is 1. The van der Waals surface area contributed by atoms with Crippen molar-refractivity contribution in [3.8, 4) is 12.3 Å². The standard InChI is InChI=1S/C15H19ClN2OS/c1-3-8-18-9-6-12(7-10-18)15(19)17-11(2)13-4-5-14(16)20-13/h1,4-5,11-12H,6-10H2,2H3,(H,17,19). The number of likely N-dealkylation sites (tertiary alicyclic amines) is 1. The van der Waals surface area contributed by atoms with Gasteiger partial charge in [-0.3, -0.25) is 9.69 Å². The Morgan fingerprint density at radius 2 is 2.30 bits per heavy atom. The monoisotopic (exact) mass is 310 g/mol. The number of rotatable bonds is 4. The molecule has 1 aromatic heterocycles. The number of carbonyl (C=O) groups excluding carboxylic acids is 1. The molecule has 1 N–H and O–H groups in total. The van der Waals surface area contributed by atoms with Crippen molar-refractivity contribution >= 4 is 28.8 Å². The van der Waals surface area contributed by atoms with Crippen LogP contribution in [0, 0.1) is 18.3 Å². The van der Waals surface area contributed by atoms with E-state index in [2.05, 4.69) is 16.1 Å². The lowest BCUT2D eigenvalue weighted by Crippen LogP contribution is -2.41. The molecule has 2 rings (SSSR count). The van der Waals surface area contributed by atoms with Crippen molar-refractivity contribution < 1.29 is 4.79 Å². The van der Waals surface area contributed by atoms with Crippen LogP contribution >= 0.6 is 22.9 Å². The molecule has 0 bridgehead atoms. The van der Waals surface area contributed by atoms with Crippen LogP contribution in [0.15, 0.2) is 12.1 Å². The number of terminal acetylenes is 1. The summed E-state index contributed by atoms with van der Waals surface area (Å²) in [4.78, 5) is 15.6. The average Bonchev–Trinajstić information content (AvgIpc) is 2.86. The van der Waals surface area contributed by atoms with Gasteiger partial charge >= 0.3 is 0 Å². The summed E-state index contributed by atoms with van der Waals surface area (Å²) < 4.78 is 0.753. The third-order valence-electron chi connectivity index (χ3n) is 3.65. The summed E-state index contributed by atoms with van der Waals surface area (Å²) in [7, 11) is 0. The number of hydrogen-bond acceptors (Lipinski definition) is 3. The lowest BCUT2D eigenvalue weighted by Gasteiger charge is -2.30. The van der Waals surface area contributed by atoms with Crippen molar-refractivity contribution in [1.82, 2.24) is 10.2 Å². The van der Waals surface area contributed by atoms with E-state index in [0.29, 0.717) is 6.54 Å². The fourth-order valence-electron chi connectivity index (χ4n) is 2.45. The Labute approximate surface area is 129 Å². The number of nitrogens with one attached hydrogen (secondary N) is 1. The summed E-state index contributed by atoms with van der Waals surface area (Å²) in [6.45, 7) is 4.48. The molecule has 1 aliphatic heterocycles. The van der Waals surface area contributed by atoms with Crippen LogP contribution in [-0.4, -0.2) is 30.4 Å². The van der Waals surface area contributed by atoms with Gasteiger partial charge in [0.1, 0.15) is 0 Å². The molecule has 0 spiro atoms. The molecule has 1 aliphatic rings. The van der Waals surface area contributed by atoms with Crippen LogP contribution in [0.1, 0.15) is 30.7 Å².